The summed E-state index contributed by atoms with van der Waals surface area (Å²) in [6.45, 7) is 0. The molecule has 0 radical (unpaired) electrons. The molecule has 1 saturated carbocycles. The first-order valence-corrected chi connectivity index (χ1v) is 5.32. The van der Waals surface area contributed by atoms with Crippen LogP contribution in [0.15, 0.2) is 12.4 Å². The molecule has 0 atom stereocenters. The number of anilines is 1. The lowest BCUT2D eigenvalue weighted by molar-refractivity contribution is 0.634. The summed E-state index contributed by atoms with van der Waals surface area (Å²) in [5.74, 6) is 0. The second-order valence-corrected chi connectivity index (χ2v) is 3.98. The summed E-state index contributed by atoms with van der Waals surface area (Å²) in [5, 5.41) is 13.6. The van der Waals surface area contributed by atoms with Crippen LogP contribution in [0.4, 0.5) is 5.69 Å². The van der Waals surface area contributed by atoms with Crippen molar-refractivity contribution in [3.05, 3.63) is 12.4 Å². The van der Waals surface area contributed by atoms with Crippen LogP contribution in [0.25, 0.3) is 0 Å². The van der Waals surface area contributed by atoms with Crippen molar-refractivity contribution >= 4 is 23.0 Å². The van der Waals surface area contributed by atoms with Gasteiger partial charge in [0.1, 0.15) is 0 Å². The van der Waals surface area contributed by atoms with Gasteiger partial charge in [-0.25, -0.2) is 0 Å². The molecule has 0 saturated heterocycles. The quantitative estimate of drug-likeness (QED) is 0.650. The monoisotopic (exact) mass is 210 g/mol. The fourth-order valence-corrected chi connectivity index (χ4v) is 2.03. The van der Waals surface area contributed by atoms with Crippen molar-refractivity contribution in [2.75, 3.05) is 5.32 Å². The number of thiocarbonyl (C=S) groups is 1. The Morgan fingerprint density at radius 1 is 1.50 bits per heavy atom. The average molecular weight is 210 g/mol. The van der Waals surface area contributed by atoms with Crippen LogP contribution in [0.2, 0.25) is 0 Å². The van der Waals surface area contributed by atoms with Gasteiger partial charge in [-0.15, -0.1) is 0 Å². The fraction of sp³-hybridized carbons (Fsp3) is 0.556. The molecule has 0 bridgehead atoms. The minimum atomic E-state index is 0.557. The van der Waals surface area contributed by atoms with Crippen LogP contribution >= 0.6 is 12.2 Å². The summed E-state index contributed by atoms with van der Waals surface area (Å²) in [6, 6.07) is 0.557. The maximum Gasteiger partial charge on any atom is 0.171 e. The molecule has 3 N–H and O–H groups in total. The van der Waals surface area contributed by atoms with Crippen molar-refractivity contribution in [1.82, 2.24) is 15.5 Å². The molecule has 4 nitrogen and oxygen atoms in total. The molecule has 0 unspecified atom stereocenters. The number of hydrogen-bond donors (Lipinski definition) is 3. The average Bonchev–Trinajstić information content (AvgIpc) is 2.76. The second kappa shape index (κ2) is 4.41. The van der Waals surface area contributed by atoms with E-state index in [4.69, 9.17) is 12.2 Å². The third kappa shape index (κ3) is 2.45. The molecular formula is C9H14N4S. The topological polar surface area (TPSA) is 52.7 Å². The molecule has 76 valence electrons. The lowest BCUT2D eigenvalue weighted by Gasteiger charge is -2.14. The van der Waals surface area contributed by atoms with Crippen molar-refractivity contribution in [2.45, 2.75) is 31.7 Å². The zero-order valence-electron chi connectivity index (χ0n) is 7.92. The molecule has 1 aliphatic carbocycles. The number of aromatic amines is 1. The van der Waals surface area contributed by atoms with Gasteiger partial charge in [0.25, 0.3) is 0 Å². The highest BCUT2D eigenvalue weighted by atomic mass is 32.1. The van der Waals surface area contributed by atoms with Gasteiger partial charge in [-0.05, 0) is 25.1 Å². The molecule has 0 aliphatic heterocycles. The highest BCUT2D eigenvalue weighted by Crippen LogP contribution is 2.17. The van der Waals surface area contributed by atoms with Gasteiger partial charge >= 0.3 is 0 Å². The number of H-pyrrole nitrogens is 1. The standard InChI is InChI=1S/C9H14N4S/c14-9(12-7-3-1-2-4-7)13-8-5-10-11-6-8/h5-7H,1-4H2,(H,10,11)(H2,12,13,14). The van der Waals surface area contributed by atoms with Gasteiger partial charge in [-0.3, -0.25) is 5.10 Å². The highest BCUT2D eigenvalue weighted by Gasteiger charge is 2.15. The van der Waals surface area contributed by atoms with Crippen LogP contribution < -0.4 is 10.6 Å². The minimum absolute atomic E-state index is 0.557. The molecule has 5 heteroatoms. The first kappa shape index (κ1) is 9.45. The van der Waals surface area contributed by atoms with E-state index in [9.17, 15) is 0 Å². The van der Waals surface area contributed by atoms with Crippen LogP contribution in [-0.2, 0) is 0 Å². The van der Waals surface area contributed by atoms with Crippen LogP contribution in [0.1, 0.15) is 25.7 Å². The van der Waals surface area contributed by atoms with E-state index >= 15 is 0 Å². The Labute approximate surface area is 88.5 Å². The van der Waals surface area contributed by atoms with Crippen LogP contribution in [0, 0.1) is 0 Å². The smallest absolute Gasteiger partial charge is 0.171 e. The van der Waals surface area contributed by atoms with Gasteiger partial charge in [-0.2, -0.15) is 5.10 Å². The molecule has 0 spiro atoms. The number of hydrogen-bond acceptors (Lipinski definition) is 2. The molecule has 2 rings (SSSR count). The molecule has 1 aliphatic rings. The molecule has 1 heterocycles. The Morgan fingerprint density at radius 2 is 2.29 bits per heavy atom. The van der Waals surface area contributed by atoms with E-state index in [2.05, 4.69) is 20.8 Å². The number of aromatic nitrogens is 2. The van der Waals surface area contributed by atoms with E-state index in [1.165, 1.54) is 25.7 Å². The Hall–Kier alpha value is -1.10. The summed E-state index contributed by atoms with van der Waals surface area (Å²) >= 11 is 5.17. The SMILES string of the molecule is S=C(Nc1cn[nH]c1)NC1CCCC1. The first-order valence-electron chi connectivity index (χ1n) is 4.91. The second-order valence-electron chi connectivity index (χ2n) is 3.57. The lowest BCUT2D eigenvalue weighted by Crippen LogP contribution is -2.35. The van der Waals surface area contributed by atoms with Gasteiger partial charge in [-0.1, -0.05) is 12.8 Å². The molecule has 1 fully saturated rings. The van der Waals surface area contributed by atoms with E-state index in [0.29, 0.717) is 11.2 Å². The summed E-state index contributed by atoms with van der Waals surface area (Å²) in [7, 11) is 0. The van der Waals surface area contributed by atoms with E-state index in [-0.39, 0.29) is 0 Å². The van der Waals surface area contributed by atoms with E-state index < -0.39 is 0 Å². The predicted molar refractivity (Wildman–Crippen MR) is 60.2 cm³/mol. The van der Waals surface area contributed by atoms with E-state index in [1.54, 1.807) is 12.4 Å². The molecule has 1 aromatic heterocycles. The Morgan fingerprint density at radius 3 is 2.93 bits per heavy atom. The summed E-state index contributed by atoms with van der Waals surface area (Å²) in [6.07, 6.45) is 8.57. The minimum Gasteiger partial charge on any atom is -0.360 e. The first-order chi connectivity index (χ1) is 6.84. The van der Waals surface area contributed by atoms with Gasteiger partial charge in [0.05, 0.1) is 11.9 Å². The van der Waals surface area contributed by atoms with Crippen molar-refractivity contribution in [3.63, 3.8) is 0 Å². The molecule has 0 aromatic carbocycles. The largest absolute Gasteiger partial charge is 0.360 e. The normalized spacial score (nSPS) is 16.9. The molecular weight excluding hydrogens is 196 g/mol. The molecule has 1 aromatic rings. The van der Waals surface area contributed by atoms with Gasteiger partial charge in [0.15, 0.2) is 5.11 Å². The zero-order chi connectivity index (χ0) is 9.80. The van der Waals surface area contributed by atoms with Crippen molar-refractivity contribution in [2.24, 2.45) is 0 Å². The van der Waals surface area contributed by atoms with Crippen LogP contribution in [-0.4, -0.2) is 21.4 Å². The maximum absolute atomic E-state index is 5.17. The summed E-state index contributed by atoms with van der Waals surface area (Å²) < 4.78 is 0. The van der Waals surface area contributed by atoms with E-state index in [0.717, 1.165) is 5.69 Å². The van der Waals surface area contributed by atoms with Gasteiger partial charge in [0, 0.05) is 12.2 Å². The van der Waals surface area contributed by atoms with Crippen LogP contribution in [0.5, 0.6) is 0 Å². The molecule has 14 heavy (non-hydrogen) atoms. The highest BCUT2D eigenvalue weighted by molar-refractivity contribution is 7.80. The van der Waals surface area contributed by atoms with Crippen molar-refractivity contribution in [3.8, 4) is 0 Å². The Bertz CT molecular complexity index is 290. The van der Waals surface area contributed by atoms with E-state index in [1.807, 2.05) is 0 Å². The van der Waals surface area contributed by atoms with Gasteiger partial charge in [0.2, 0.25) is 0 Å². The third-order valence-electron chi connectivity index (χ3n) is 2.45. The van der Waals surface area contributed by atoms with Gasteiger partial charge < -0.3 is 10.6 Å². The summed E-state index contributed by atoms with van der Waals surface area (Å²) in [4.78, 5) is 0. The molecule has 0 amide bonds. The summed E-state index contributed by atoms with van der Waals surface area (Å²) in [5.41, 5.74) is 0.903. The third-order valence-corrected chi connectivity index (χ3v) is 2.67. The Balaban J connectivity index is 1.78. The fourth-order valence-electron chi connectivity index (χ4n) is 1.74. The zero-order valence-corrected chi connectivity index (χ0v) is 8.73. The van der Waals surface area contributed by atoms with Crippen molar-refractivity contribution < 1.29 is 0 Å². The lowest BCUT2D eigenvalue weighted by atomic mass is 10.3. The number of nitrogens with zero attached hydrogens (tertiary/aromatic N) is 1. The predicted octanol–water partition coefficient (Wildman–Crippen LogP) is 1.64. The Kier molecular flexibility index (Phi) is 2.98. The van der Waals surface area contributed by atoms with Crippen molar-refractivity contribution in [1.29, 1.82) is 0 Å². The maximum atomic E-state index is 5.17. The number of rotatable bonds is 2. The van der Waals surface area contributed by atoms with Crippen LogP contribution in [0.3, 0.4) is 0 Å². The number of nitrogens with one attached hydrogen (secondary N) is 3.